The number of carbonyl (C=O) groups excluding carboxylic acids is 2. The quantitative estimate of drug-likeness (QED) is 0.0320. The Bertz CT molecular complexity index is 1280. The number of aliphatic hydroxyl groups is 2. The molecule has 0 bridgehead atoms. The van der Waals surface area contributed by atoms with Gasteiger partial charge in [-0.1, -0.05) is 333 Å². The standard InChI is InChI=1S/C73H139NO5/c1-3-5-7-9-11-13-15-17-19-20-21-22-23-24-26-29-32-35-38-41-45-49-53-57-61-65-71(76)70(69-75)74-72(77)66-62-58-54-50-46-42-39-36-33-30-27-25-28-31-34-37-40-44-48-52-56-60-64-68-79-73(78)67-63-59-55-51-47-43-18-16-14-12-10-8-6-4-2/h16,18,25,28,30,33,70-71,75-76H,3-15,17,19-24,26-27,29,31-32,34-69H2,1-2H3,(H,74,77)/b18-16-,28-25-,33-30-. The Morgan fingerprint density at radius 1 is 0.354 bits per heavy atom. The summed E-state index contributed by atoms with van der Waals surface area (Å²) in [5, 5.41) is 23.4. The number of hydrogen-bond acceptors (Lipinski definition) is 5. The van der Waals surface area contributed by atoms with Crippen LogP contribution in [-0.4, -0.2) is 47.4 Å². The van der Waals surface area contributed by atoms with E-state index in [1.807, 2.05) is 0 Å². The van der Waals surface area contributed by atoms with E-state index >= 15 is 0 Å². The van der Waals surface area contributed by atoms with E-state index in [0.29, 0.717) is 25.9 Å². The van der Waals surface area contributed by atoms with Crippen molar-refractivity contribution >= 4 is 11.9 Å². The molecule has 0 aliphatic heterocycles. The summed E-state index contributed by atoms with van der Waals surface area (Å²) in [6.07, 6.45) is 87.6. The van der Waals surface area contributed by atoms with Gasteiger partial charge in [-0.3, -0.25) is 9.59 Å². The van der Waals surface area contributed by atoms with Crippen molar-refractivity contribution in [3.8, 4) is 0 Å². The lowest BCUT2D eigenvalue weighted by molar-refractivity contribution is -0.143. The zero-order chi connectivity index (χ0) is 57.1. The molecule has 0 aromatic rings. The highest BCUT2D eigenvalue weighted by Gasteiger charge is 2.20. The molecule has 0 radical (unpaired) electrons. The number of esters is 1. The topological polar surface area (TPSA) is 95.9 Å². The monoisotopic (exact) mass is 1110 g/mol. The highest BCUT2D eigenvalue weighted by atomic mass is 16.5. The Kier molecular flexibility index (Phi) is 66.9. The normalized spacial score (nSPS) is 12.7. The molecular weight excluding hydrogens is 971 g/mol. The van der Waals surface area contributed by atoms with Crippen LogP contribution in [0.1, 0.15) is 393 Å². The number of carbonyl (C=O) groups is 2. The average Bonchev–Trinajstić information content (AvgIpc) is 3.45. The summed E-state index contributed by atoms with van der Waals surface area (Å²) < 4.78 is 5.48. The maximum Gasteiger partial charge on any atom is 0.305 e. The molecule has 0 spiro atoms. The van der Waals surface area contributed by atoms with Gasteiger partial charge >= 0.3 is 5.97 Å². The molecule has 2 unspecified atom stereocenters. The summed E-state index contributed by atoms with van der Waals surface area (Å²) in [7, 11) is 0. The van der Waals surface area contributed by atoms with Crippen LogP contribution in [-0.2, 0) is 14.3 Å². The average molecular weight is 1110 g/mol. The zero-order valence-electron chi connectivity index (χ0n) is 53.4. The molecular formula is C73H139NO5. The molecule has 79 heavy (non-hydrogen) atoms. The number of amides is 1. The molecule has 0 aromatic carbocycles. The molecule has 2 atom stereocenters. The summed E-state index contributed by atoms with van der Waals surface area (Å²) in [5.41, 5.74) is 0. The van der Waals surface area contributed by atoms with Crippen LogP contribution in [0.5, 0.6) is 0 Å². The van der Waals surface area contributed by atoms with Gasteiger partial charge in [0.05, 0.1) is 25.4 Å². The van der Waals surface area contributed by atoms with Crippen LogP contribution in [0.2, 0.25) is 0 Å². The number of hydrogen-bond donors (Lipinski definition) is 3. The first kappa shape index (κ1) is 77.1. The molecule has 466 valence electrons. The number of nitrogens with one attached hydrogen (secondary N) is 1. The molecule has 6 heteroatoms. The predicted molar refractivity (Wildman–Crippen MR) is 347 cm³/mol. The van der Waals surface area contributed by atoms with Gasteiger partial charge in [-0.15, -0.1) is 0 Å². The summed E-state index contributed by atoms with van der Waals surface area (Å²) in [6.45, 7) is 4.96. The van der Waals surface area contributed by atoms with E-state index in [4.69, 9.17) is 4.74 Å². The van der Waals surface area contributed by atoms with Gasteiger partial charge in [-0.2, -0.15) is 0 Å². The van der Waals surface area contributed by atoms with Crippen molar-refractivity contribution in [2.45, 2.75) is 405 Å². The highest BCUT2D eigenvalue weighted by Crippen LogP contribution is 2.19. The first-order chi connectivity index (χ1) is 39.0. The number of allylic oxidation sites excluding steroid dienone is 6. The third-order valence-corrected chi connectivity index (χ3v) is 16.7. The van der Waals surface area contributed by atoms with Crippen LogP contribution in [0.25, 0.3) is 0 Å². The van der Waals surface area contributed by atoms with Crippen molar-refractivity contribution in [3.05, 3.63) is 36.5 Å². The van der Waals surface area contributed by atoms with Crippen LogP contribution in [0.3, 0.4) is 0 Å². The molecule has 0 saturated carbocycles. The van der Waals surface area contributed by atoms with Crippen molar-refractivity contribution in [1.29, 1.82) is 0 Å². The van der Waals surface area contributed by atoms with E-state index in [-0.39, 0.29) is 18.5 Å². The molecule has 6 nitrogen and oxygen atoms in total. The van der Waals surface area contributed by atoms with E-state index in [9.17, 15) is 19.8 Å². The smallest absolute Gasteiger partial charge is 0.305 e. The lowest BCUT2D eigenvalue weighted by atomic mass is 10.0. The number of rotatable bonds is 67. The molecule has 0 aromatic heterocycles. The predicted octanol–water partition coefficient (Wildman–Crippen LogP) is 23.1. The van der Waals surface area contributed by atoms with Gasteiger partial charge in [0, 0.05) is 12.8 Å². The molecule has 0 heterocycles. The van der Waals surface area contributed by atoms with Crippen molar-refractivity contribution in [1.82, 2.24) is 5.32 Å². The molecule has 0 saturated heterocycles. The first-order valence-corrected chi connectivity index (χ1v) is 35.7. The third kappa shape index (κ3) is 65.1. The molecule has 0 aliphatic rings. The summed E-state index contributed by atoms with van der Waals surface area (Å²) >= 11 is 0. The van der Waals surface area contributed by atoms with Gasteiger partial charge in [0.2, 0.25) is 5.91 Å². The Hall–Kier alpha value is -1.92. The van der Waals surface area contributed by atoms with Gasteiger partial charge in [0.1, 0.15) is 0 Å². The largest absolute Gasteiger partial charge is 0.466 e. The molecule has 0 rings (SSSR count). The molecule has 1 amide bonds. The second-order valence-corrected chi connectivity index (χ2v) is 24.6. The van der Waals surface area contributed by atoms with Gasteiger partial charge in [-0.25, -0.2) is 0 Å². The fraction of sp³-hybridized carbons (Fsp3) is 0.890. The fourth-order valence-electron chi connectivity index (χ4n) is 11.2. The lowest BCUT2D eigenvalue weighted by Crippen LogP contribution is -2.45. The lowest BCUT2D eigenvalue weighted by Gasteiger charge is -2.22. The van der Waals surface area contributed by atoms with E-state index in [1.165, 1.54) is 302 Å². The van der Waals surface area contributed by atoms with Crippen LogP contribution in [0.15, 0.2) is 36.5 Å². The van der Waals surface area contributed by atoms with E-state index < -0.39 is 12.1 Å². The second-order valence-electron chi connectivity index (χ2n) is 24.6. The number of unbranched alkanes of at least 4 members (excludes halogenated alkanes) is 50. The Balaban J connectivity index is 3.44. The molecule has 0 fully saturated rings. The van der Waals surface area contributed by atoms with E-state index in [0.717, 1.165) is 57.8 Å². The summed E-state index contributed by atoms with van der Waals surface area (Å²) in [4.78, 5) is 24.6. The van der Waals surface area contributed by atoms with Gasteiger partial charge in [-0.05, 0) is 83.5 Å². The Morgan fingerprint density at radius 2 is 0.633 bits per heavy atom. The van der Waals surface area contributed by atoms with Crippen molar-refractivity contribution in [2.75, 3.05) is 13.2 Å². The van der Waals surface area contributed by atoms with Crippen LogP contribution in [0.4, 0.5) is 0 Å². The maximum atomic E-state index is 12.6. The maximum absolute atomic E-state index is 12.6. The zero-order valence-corrected chi connectivity index (χ0v) is 53.4. The van der Waals surface area contributed by atoms with Crippen molar-refractivity contribution in [3.63, 3.8) is 0 Å². The van der Waals surface area contributed by atoms with E-state index in [1.54, 1.807) is 0 Å². The highest BCUT2D eigenvalue weighted by molar-refractivity contribution is 5.76. The molecule has 3 N–H and O–H groups in total. The minimum absolute atomic E-state index is 0.000832. The van der Waals surface area contributed by atoms with Crippen LogP contribution >= 0.6 is 0 Å². The fourth-order valence-corrected chi connectivity index (χ4v) is 11.2. The number of aliphatic hydroxyl groups excluding tert-OH is 2. The SMILES string of the molecule is CCCCCCC/C=C\CCCCCCCC(=O)OCCCCCCCCCCC/C=C\C/C=C\CCCCCCCCCC(=O)NC(CO)C(O)CCCCCCCCCCCCCCCCCCCCCCCCCCC. The number of ether oxygens (including phenoxy) is 1. The minimum atomic E-state index is -0.673. The van der Waals surface area contributed by atoms with Gasteiger partial charge in [0.15, 0.2) is 0 Å². The Morgan fingerprint density at radius 3 is 0.975 bits per heavy atom. The first-order valence-electron chi connectivity index (χ1n) is 35.7. The van der Waals surface area contributed by atoms with E-state index in [2.05, 4.69) is 55.6 Å². The Labute approximate surface area is 494 Å². The van der Waals surface area contributed by atoms with Crippen molar-refractivity contribution in [2.24, 2.45) is 0 Å². The van der Waals surface area contributed by atoms with Gasteiger partial charge < -0.3 is 20.3 Å². The second kappa shape index (κ2) is 68.6. The molecule has 0 aliphatic carbocycles. The summed E-state index contributed by atoms with van der Waals surface area (Å²) in [5.74, 6) is -0.0421. The van der Waals surface area contributed by atoms with Crippen LogP contribution < -0.4 is 5.32 Å². The minimum Gasteiger partial charge on any atom is -0.466 e. The third-order valence-electron chi connectivity index (χ3n) is 16.7. The van der Waals surface area contributed by atoms with Crippen LogP contribution in [0, 0.1) is 0 Å². The van der Waals surface area contributed by atoms with Crippen molar-refractivity contribution < 1.29 is 24.5 Å². The summed E-state index contributed by atoms with van der Waals surface area (Å²) in [6, 6.07) is -0.551. The van der Waals surface area contributed by atoms with Gasteiger partial charge in [0.25, 0.3) is 0 Å².